The predicted molar refractivity (Wildman–Crippen MR) is 66.0 cm³/mol. The zero-order valence-corrected chi connectivity index (χ0v) is 11.5. The Labute approximate surface area is 103 Å². The summed E-state index contributed by atoms with van der Waals surface area (Å²) in [5.41, 5.74) is 0. The molecule has 0 rings (SSSR count). The van der Waals surface area contributed by atoms with Crippen LogP contribution in [0.3, 0.4) is 0 Å². The Kier molecular flexibility index (Phi) is 7.33. The van der Waals surface area contributed by atoms with Gasteiger partial charge in [0.25, 0.3) is 10.2 Å². The number of carbonyl (C=O) groups is 1. The van der Waals surface area contributed by atoms with E-state index in [9.17, 15) is 13.2 Å². The number of nitrogens with zero attached hydrogens (tertiary/aromatic N) is 2. The van der Waals surface area contributed by atoms with Crippen molar-refractivity contribution in [3.63, 3.8) is 0 Å². The molecule has 7 heteroatoms. The molecule has 0 atom stereocenters. The molecule has 17 heavy (non-hydrogen) atoms. The molecule has 0 aliphatic rings. The fourth-order valence-electron chi connectivity index (χ4n) is 1.35. The smallest absolute Gasteiger partial charge is 0.304 e. The fourth-order valence-corrected chi connectivity index (χ4v) is 2.75. The third-order valence-corrected chi connectivity index (χ3v) is 4.54. The van der Waals surface area contributed by atoms with Crippen LogP contribution in [0.15, 0.2) is 0 Å². The minimum absolute atomic E-state index is 0.0185. The molecule has 0 unspecified atom stereocenters. The Morgan fingerprint density at radius 3 is 2.24 bits per heavy atom. The van der Waals surface area contributed by atoms with Gasteiger partial charge in [0.05, 0.1) is 6.42 Å². The summed E-state index contributed by atoms with van der Waals surface area (Å²) in [6, 6.07) is 0. The van der Waals surface area contributed by atoms with Crippen molar-refractivity contribution < 1.29 is 18.3 Å². The van der Waals surface area contributed by atoms with Crippen LogP contribution in [0.2, 0.25) is 0 Å². The van der Waals surface area contributed by atoms with Gasteiger partial charge in [0.1, 0.15) is 0 Å². The standard InChI is InChI=1S/C10H22N2O4S/c1-4-6-8-11(3)17(15,16)12(5-2)9-7-10(13)14/h4-9H2,1-3H3,(H,13,14). The largest absolute Gasteiger partial charge is 0.481 e. The lowest BCUT2D eigenvalue weighted by Gasteiger charge is -2.26. The van der Waals surface area contributed by atoms with Crippen LogP contribution >= 0.6 is 0 Å². The molecule has 0 aromatic carbocycles. The molecule has 0 radical (unpaired) electrons. The van der Waals surface area contributed by atoms with E-state index in [1.165, 1.54) is 15.7 Å². The molecule has 0 heterocycles. The van der Waals surface area contributed by atoms with Crippen molar-refractivity contribution in [3.8, 4) is 0 Å². The van der Waals surface area contributed by atoms with Gasteiger partial charge in [0.2, 0.25) is 0 Å². The van der Waals surface area contributed by atoms with E-state index in [2.05, 4.69) is 0 Å². The highest BCUT2D eigenvalue weighted by molar-refractivity contribution is 7.86. The SMILES string of the molecule is CCCCN(C)S(=O)(=O)N(CC)CCC(=O)O. The molecule has 6 nitrogen and oxygen atoms in total. The third kappa shape index (κ3) is 5.47. The lowest BCUT2D eigenvalue weighted by molar-refractivity contribution is -0.137. The number of hydrogen-bond acceptors (Lipinski definition) is 3. The summed E-state index contributed by atoms with van der Waals surface area (Å²) in [6.45, 7) is 4.45. The van der Waals surface area contributed by atoms with Crippen LogP contribution in [0.25, 0.3) is 0 Å². The highest BCUT2D eigenvalue weighted by atomic mass is 32.2. The first-order valence-electron chi connectivity index (χ1n) is 5.79. The molecule has 0 aliphatic heterocycles. The van der Waals surface area contributed by atoms with Crippen LogP contribution in [-0.4, -0.2) is 54.8 Å². The molecule has 0 bridgehead atoms. The van der Waals surface area contributed by atoms with E-state index in [1.54, 1.807) is 6.92 Å². The van der Waals surface area contributed by atoms with Gasteiger partial charge in [-0.25, -0.2) is 0 Å². The number of hydrogen-bond donors (Lipinski definition) is 1. The molecular formula is C10H22N2O4S. The summed E-state index contributed by atoms with van der Waals surface area (Å²) < 4.78 is 26.5. The third-order valence-electron chi connectivity index (χ3n) is 2.47. The van der Waals surface area contributed by atoms with Gasteiger partial charge in [0, 0.05) is 26.7 Å². The van der Waals surface area contributed by atoms with E-state index in [1.807, 2.05) is 6.92 Å². The number of rotatable bonds is 9. The van der Waals surface area contributed by atoms with Gasteiger partial charge in [-0.2, -0.15) is 17.0 Å². The number of carboxylic acid groups (broad SMARTS) is 1. The van der Waals surface area contributed by atoms with Crippen molar-refractivity contribution in [3.05, 3.63) is 0 Å². The average molecular weight is 266 g/mol. The highest BCUT2D eigenvalue weighted by Gasteiger charge is 2.25. The van der Waals surface area contributed by atoms with Gasteiger partial charge >= 0.3 is 5.97 Å². The van der Waals surface area contributed by atoms with Gasteiger partial charge in [-0.1, -0.05) is 20.3 Å². The van der Waals surface area contributed by atoms with Crippen molar-refractivity contribution in [2.45, 2.75) is 33.1 Å². The maximum atomic E-state index is 12.0. The predicted octanol–water partition coefficient (Wildman–Crippen LogP) is 0.760. The summed E-state index contributed by atoms with van der Waals surface area (Å²) in [7, 11) is -1.99. The van der Waals surface area contributed by atoms with Gasteiger partial charge < -0.3 is 5.11 Å². The first kappa shape index (κ1) is 16.3. The van der Waals surface area contributed by atoms with Crippen molar-refractivity contribution in [1.29, 1.82) is 0 Å². The van der Waals surface area contributed by atoms with Gasteiger partial charge in [-0.05, 0) is 6.42 Å². The first-order chi connectivity index (χ1) is 7.86. The lowest BCUT2D eigenvalue weighted by atomic mass is 10.3. The minimum atomic E-state index is -3.52. The van der Waals surface area contributed by atoms with E-state index in [4.69, 9.17) is 5.11 Å². The summed E-state index contributed by atoms with van der Waals surface area (Å²) in [6.07, 6.45) is 1.54. The van der Waals surface area contributed by atoms with Crippen LogP contribution < -0.4 is 0 Å². The van der Waals surface area contributed by atoms with E-state index < -0.39 is 16.2 Å². The molecule has 102 valence electrons. The second-order valence-corrected chi connectivity index (χ2v) is 5.85. The van der Waals surface area contributed by atoms with Crippen molar-refractivity contribution in [2.24, 2.45) is 0 Å². The van der Waals surface area contributed by atoms with Crippen LogP contribution in [-0.2, 0) is 15.0 Å². The quantitative estimate of drug-likeness (QED) is 0.668. The van der Waals surface area contributed by atoms with Crippen molar-refractivity contribution in [1.82, 2.24) is 8.61 Å². The molecule has 0 fully saturated rings. The molecule has 0 spiro atoms. The summed E-state index contributed by atoms with van der Waals surface area (Å²) in [5.74, 6) is -0.991. The minimum Gasteiger partial charge on any atom is -0.481 e. The molecule has 0 aromatic heterocycles. The van der Waals surface area contributed by atoms with E-state index in [0.717, 1.165) is 12.8 Å². The molecular weight excluding hydrogens is 244 g/mol. The zero-order valence-electron chi connectivity index (χ0n) is 10.7. The van der Waals surface area contributed by atoms with Crippen molar-refractivity contribution in [2.75, 3.05) is 26.7 Å². The Hall–Kier alpha value is -0.660. The van der Waals surface area contributed by atoms with Gasteiger partial charge in [-0.15, -0.1) is 0 Å². The monoisotopic (exact) mass is 266 g/mol. The first-order valence-corrected chi connectivity index (χ1v) is 7.19. The molecule has 0 saturated heterocycles. The molecule has 0 saturated carbocycles. The average Bonchev–Trinajstić information content (AvgIpc) is 2.25. The number of carboxylic acids is 1. The van der Waals surface area contributed by atoms with Gasteiger partial charge in [0.15, 0.2) is 0 Å². The maximum Gasteiger partial charge on any atom is 0.304 e. The number of unbranched alkanes of at least 4 members (excludes halogenated alkanes) is 1. The topological polar surface area (TPSA) is 77.9 Å². The van der Waals surface area contributed by atoms with Gasteiger partial charge in [-0.3, -0.25) is 4.79 Å². The lowest BCUT2D eigenvalue weighted by Crippen LogP contribution is -2.43. The molecule has 0 aromatic rings. The Morgan fingerprint density at radius 2 is 1.82 bits per heavy atom. The zero-order chi connectivity index (χ0) is 13.5. The normalized spacial score (nSPS) is 12.3. The van der Waals surface area contributed by atoms with E-state index in [0.29, 0.717) is 6.54 Å². The second kappa shape index (κ2) is 7.62. The Morgan fingerprint density at radius 1 is 1.24 bits per heavy atom. The Balaban J connectivity index is 4.56. The number of aliphatic carboxylic acids is 1. The molecule has 0 aliphatic carbocycles. The maximum absolute atomic E-state index is 12.0. The molecule has 0 amide bonds. The summed E-state index contributed by atoms with van der Waals surface area (Å²) in [4.78, 5) is 10.5. The van der Waals surface area contributed by atoms with Crippen molar-refractivity contribution >= 4 is 16.2 Å². The highest BCUT2D eigenvalue weighted by Crippen LogP contribution is 2.08. The van der Waals surface area contributed by atoms with E-state index in [-0.39, 0.29) is 19.5 Å². The van der Waals surface area contributed by atoms with Crippen LogP contribution in [0.1, 0.15) is 33.1 Å². The van der Waals surface area contributed by atoms with E-state index >= 15 is 0 Å². The summed E-state index contributed by atoms with van der Waals surface area (Å²) >= 11 is 0. The second-order valence-electron chi connectivity index (χ2n) is 3.82. The molecule has 1 N–H and O–H groups in total. The van der Waals surface area contributed by atoms with Crippen LogP contribution in [0.5, 0.6) is 0 Å². The summed E-state index contributed by atoms with van der Waals surface area (Å²) in [5, 5.41) is 8.57. The van der Waals surface area contributed by atoms with Crippen LogP contribution in [0.4, 0.5) is 0 Å². The Bertz CT molecular complexity index is 329. The fraction of sp³-hybridized carbons (Fsp3) is 0.900. The van der Waals surface area contributed by atoms with Crippen LogP contribution in [0, 0.1) is 0 Å².